The molecule has 24 heavy (non-hydrogen) atoms. The van der Waals surface area contributed by atoms with Crippen LogP contribution in [0.2, 0.25) is 0 Å². The number of aryl methyl sites for hydroxylation is 1. The van der Waals surface area contributed by atoms with Crippen molar-refractivity contribution in [3.63, 3.8) is 0 Å². The zero-order valence-electron chi connectivity index (χ0n) is 13.3. The predicted octanol–water partition coefficient (Wildman–Crippen LogP) is 4.05. The highest BCUT2D eigenvalue weighted by Gasteiger charge is 2.16. The Hall–Kier alpha value is -2.58. The Kier molecular flexibility index (Phi) is 4.68. The van der Waals surface area contributed by atoms with E-state index in [1.165, 1.54) is 5.56 Å². The van der Waals surface area contributed by atoms with Crippen LogP contribution in [0.3, 0.4) is 0 Å². The lowest BCUT2D eigenvalue weighted by molar-refractivity contribution is 0.684. The lowest BCUT2D eigenvalue weighted by Gasteiger charge is -2.04. The SMILES string of the molecule is Cc1cccc(Cc2nn(Cc3ccc(Br)cc3)c(N)c2C#N)c1. The van der Waals surface area contributed by atoms with Gasteiger partial charge in [-0.15, -0.1) is 0 Å². The van der Waals surface area contributed by atoms with Gasteiger partial charge in [-0.25, -0.2) is 4.68 Å². The number of hydrogen-bond acceptors (Lipinski definition) is 3. The van der Waals surface area contributed by atoms with E-state index in [4.69, 9.17) is 5.73 Å². The minimum Gasteiger partial charge on any atom is -0.383 e. The molecule has 0 aliphatic carbocycles. The zero-order valence-corrected chi connectivity index (χ0v) is 14.9. The third-order valence-corrected chi connectivity index (χ3v) is 4.40. The van der Waals surface area contributed by atoms with Crippen molar-refractivity contribution in [2.45, 2.75) is 19.9 Å². The smallest absolute Gasteiger partial charge is 0.140 e. The molecule has 2 aromatic carbocycles. The molecule has 0 saturated carbocycles. The molecule has 0 unspecified atom stereocenters. The van der Waals surface area contributed by atoms with Crippen molar-refractivity contribution >= 4 is 21.7 Å². The molecule has 2 N–H and O–H groups in total. The van der Waals surface area contributed by atoms with Crippen LogP contribution in [-0.2, 0) is 13.0 Å². The molecule has 120 valence electrons. The second kappa shape index (κ2) is 6.90. The Morgan fingerprint density at radius 2 is 1.92 bits per heavy atom. The van der Waals surface area contributed by atoms with Gasteiger partial charge in [-0.1, -0.05) is 57.9 Å². The highest BCUT2D eigenvalue weighted by atomic mass is 79.9. The van der Waals surface area contributed by atoms with Crippen molar-refractivity contribution in [1.29, 1.82) is 5.26 Å². The fraction of sp³-hybridized carbons (Fsp3) is 0.158. The monoisotopic (exact) mass is 380 g/mol. The highest BCUT2D eigenvalue weighted by molar-refractivity contribution is 9.10. The van der Waals surface area contributed by atoms with Gasteiger partial charge in [-0.2, -0.15) is 10.4 Å². The summed E-state index contributed by atoms with van der Waals surface area (Å²) in [7, 11) is 0. The first-order valence-corrected chi connectivity index (χ1v) is 8.41. The molecule has 0 amide bonds. The number of rotatable bonds is 4. The Morgan fingerprint density at radius 3 is 2.58 bits per heavy atom. The molecule has 5 heteroatoms. The minimum absolute atomic E-state index is 0.420. The fourth-order valence-electron chi connectivity index (χ4n) is 2.67. The van der Waals surface area contributed by atoms with Crippen LogP contribution in [0.4, 0.5) is 5.82 Å². The summed E-state index contributed by atoms with van der Waals surface area (Å²) < 4.78 is 2.73. The number of anilines is 1. The molecule has 0 fully saturated rings. The van der Waals surface area contributed by atoms with Gasteiger partial charge in [0.25, 0.3) is 0 Å². The second-order valence-corrected chi connectivity index (χ2v) is 6.68. The minimum atomic E-state index is 0.420. The quantitative estimate of drug-likeness (QED) is 0.742. The van der Waals surface area contributed by atoms with Crippen molar-refractivity contribution in [3.8, 4) is 6.07 Å². The first kappa shape index (κ1) is 16.3. The molecule has 0 aliphatic rings. The number of halogens is 1. The van der Waals surface area contributed by atoms with Crippen molar-refractivity contribution in [3.05, 3.63) is 81.0 Å². The molecule has 1 heterocycles. The molecule has 4 nitrogen and oxygen atoms in total. The van der Waals surface area contributed by atoms with Gasteiger partial charge in [0.2, 0.25) is 0 Å². The molecule has 3 aromatic rings. The number of benzene rings is 2. The molecule has 0 atom stereocenters. The lowest BCUT2D eigenvalue weighted by atomic mass is 10.1. The normalized spacial score (nSPS) is 10.5. The molecule has 0 spiro atoms. The number of hydrogen-bond donors (Lipinski definition) is 1. The largest absolute Gasteiger partial charge is 0.383 e. The number of aromatic nitrogens is 2. The number of nitriles is 1. The summed E-state index contributed by atoms with van der Waals surface area (Å²) in [6.45, 7) is 2.59. The standard InChI is InChI=1S/C19H17BrN4/c1-13-3-2-4-15(9-13)10-18-17(11-21)19(22)24(23-18)12-14-5-7-16(20)8-6-14/h2-9H,10,12,22H2,1H3. The van der Waals surface area contributed by atoms with Crippen LogP contribution < -0.4 is 5.73 Å². The van der Waals surface area contributed by atoms with Gasteiger partial charge < -0.3 is 5.73 Å². The van der Waals surface area contributed by atoms with Crippen molar-refractivity contribution in [2.75, 3.05) is 5.73 Å². The van der Waals surface area contributed by atoms with Crippen molar-refractivity contribution in [1.82, 2.24) is 9.78 Å². The third-order valence-electron chi connectivity index (χ3n) is 3.88. The van der Waals surface area contributed by atoms with E-state index in [0.29, 0.717) is 24.3 Å². The highest BCUT2D eigenvalue weighted by Crippen LogP contribution is 2.21. The number of nitrogen functional groups attached to an aromatic ring is 1. The predicted molar refractivity (Wildman–Crippen MR) is 98.6 cm³/mol. The van der Waals surface area contributed by atoms with Crippen LogP contribution in [-0.4, -0.2) is 9.78 Å². The van der Waals surface area contributed by atoms with Crippen LogP contribution in [0, 0.1) is 18.3 Å². The second-order valence-electron chi connectivity index (χ2n) is 5.77. The summed E-state index contributed by atoms with van der Waals surface area (Å²) >= 11 is 3.42. The average molecular weight is 381 g/mol. The van der Waals surface area contributed by atoms with E-state index in [-0.39, 0.29) is 0 Å². The summed E-state index contributed by atoms with van der Waals surface area (Å²) in [5.41, 5.74) is 10.7. The van der Waals surface area contributed by atoms with E-state index in [1.54, 1.807) is 4.68 Å². The molecule has 3 rings (SSSR count). The first-order valence-electron chi connectivity index (χ1n) is 7.62. The summed E-state index contributed by atoms with van der Waals surface area (Å²) in [6, 6.07) is 18.4. The third kappa shape index (κ3) is 3.50. The fourth-order valence-corrected chi connectivity index (χ4v) is 2.94. The zero-order chi connectivity index (χ0) is 17.1. The van der Waals surface area contributed by atoms with Crippen LogP contribution in [0.5, 0.6) is 0 Å². The van der Waals surface area contributed by atoms with Gasteiger partial charge >= 0.3 is 0 Å². The van der Waals surface area contributed by atoms with E-state index in [1.807, 2.05) is 36.4 Å². The van der Waals surface area contributed by atoms with Crippen LogP contribution in [0.25, 0.3) is 0 Å². The van der Waals surface area contributed by atoms with Crippen molar-refractivity contribution in [2.24, 2.45) is 0 Å². The lowest BCUT2D eigenvalue weighted by Crippen LogP contribution is -2.06. The summed E-state index contributed by atoms with van der Waals surface area (Å²) in [6.07, 6.45) is 0.599. The number of nitrogens with two attached hydrogens (primary N) is 1. The van der Waals surface area contributed by atoms with Gasteiger partial charge in [0.05, 0.1) is 12.2 Å². The van der Waals surface area contributed by atoms with E-state index in [0.717, 1.165) is 21.3 Å². The summed E-state index contributed by atoms with van der Waals surface area (Å²) in [5.74, 6) is 0.420. The number of nitrogens with zero attached hydrogens (tertiary/aromatic N) is 3. The van der Waals surface area contributed by atoms with Crippen LogP contribution in [0.15, 0.2) is 53.0 Å². The van der Waals surface area contributed by atoms with Gasteiger partial charge in [0.1, 0.15) is 17.5 Å². The van der Waals surface area contributed by atoms with Gasteiger partial charge in [0.15, 0.2) is 0 Å². The van der Waals surface area contributed by atoms with Crippen LogP contribution >= 0.6 is 15.9 Å². The molecule has 0 aliphatic heterocycles. The maximum Gasteiger partial charge on any atom is 0.140 e. The summed E-state index contributed by atoms with van der Waals surface area (Å²) in [5, 5.41) is 14.0. The van der Waals surface area contributed by atoms with Crippen LogP contribution in [0.1, 0.15) is 27.9 Å². The Labute approximate surface area is 149 Å². The van der Waals surface area contributed by atoms with Gasteiger partial charge in [-0.05, 0) is 30.2 Å². The molecule has 1 aromatic heterocycles. The molecule has 0 bridgehead atoms. The maximum absolute atomic E-state index is 9.46. The van der Waals surface area contributed by atoms with Gasteiger partial charge in [-0.3, -0.25) is 0 Å². The molecule has 0 saturated heterocycles. The van der Waals surface area contributed by atoms with Gasteiger partial charge in [0, 0.05) is 10.9 Å². The van der Waals surface area contributed by atoms with E-state index < -0.39 is 0 Å². The van der Waals surface area contributed by atoms with E-state index in [9.17, 15) is 5.26 Å². The van der Waals surface area contributed by atoms with Crippen molar-refractivity contribution < 1.29 is 0 Å². The topological polar surface area (TPSA) is 67.6 Å². The maximum atomic E-state index is 9.46. The molecular weight excluding hydrogens is 364 g/mol. The van der Waals surface area contributed by atoms with E-state index in [2.05, 4.69) is 46.2 Å². The Bertz CT molecular complexity index is 904. The molecular formula is C19H17BrN4. The average Bonchev–Trinajstić information content (AvgIpc) is 2.84. The first-order chi connectivity index (χ1) is 11.6. The Balaban J connectivity index is 1.91. The molecule has 0 radical (unpaired) electrons. The Morgan fingerprint density at radius 1 is 1.17 bits per heavy atom. The summed E-state index contributed by atoms with van der Waals surface area (Å²) in [4.78, 5) is 0. The van der Waals surface area contributed by atoms with E-state index >= 15 is 0 Å².